The molecule has 3 fully saturated rings. The van der Waals surface area contributed by atoms with Crippen molar-refractivity contribution in [2.45, 2.75) is 0 Å². The topological polar surface area (TPSA) is 29.1 Å². The first-order chi connectivity index (χ1) is 9.09. The molecule has 1 N–H and O–H groups in total. The van der Waals surface area contributed by atoms with E-state index in [1.807, 2.05) is 30.3 Å². The summed E-state index contributed by atoms with van der Waals surface area (Å²) in [5, 5.41) is 3.02. The minimum absolute atomic E-state index is 0.157. The summed E-state index contributed by atoms with van der Waals surface area (Å²) < 4.78 is 2.20. The zero-order valence-corrected chi connectivity index (χ0v) is 11.6. The summed E-state index contributed by atoms with van der Waals surface area (Å²) in [4.78, 5) is 12.2. The first kappa shape index (κ1) is 12.6. The van der Waals surface area contributed by atoms with Gasteiger partial charge in [0.15, 0.2) is 6.54 Å². The molecule has 0 spiro atoms. The van der Waals surface area contributed by atoms with Gasteiger partial charge in [-0.2, -0.15) is 0 Å². The molecule has 4 rings (SSSR count). The van der Waals surface area contributed by atoms with E-state index in [-0.39, 0.29) is 5.91 Å². The molecule has 4 heteroatoms. The monoisotopic (exact) mass is 261 g/mol. The molecule has 0 aliphatic carbocycles. The van der Waals surface area contributed by atoms with Gasteiger partial charge in [-0.3, -0.25) is 4.79 Å². The lowest BCUT2D eigenvalue weighted by Gasteiger charge is -2.53. The molecule has 1 aromatic rings. The standard InChI is InChI=1S/C15H22N3O/c1-17-7-10-18(11-8-17,12-9-17)13-15(19)16-14-5-3-2-4-6-14/h2-6H,7-13H2,1H3/q+1/p+1. The van der Waals surface area contributed by atoms with Gasteiger partial charge in [-0.1, -0.05) is 18.2 Å². The van der Waals surface area contributed by atoms with Gasteiger partial charge in [-0.25, -0.2) is 0 Å². The Kier molecular flexibility index (Phi) is 3.07. The molecule has 0 radical (unpaired) electrons. The van der Waals surface area contributed by atoms with E-state index in [0.29, 0.717) is 6.54 Å². The molecular formula is C15H23N3O+2. The van der Waals surface area contributed by atoms with Gasteiger partial charge in [0.25, 0.3) is 5.91 Å². The number of rotatable bonds is 3. The summed E-state index contributed by atoms with van der Waals surface area (Å²) in [5.74, 6) is 0.157. The van der Waals surface area contributed by atoms with Crippen LogP contribution in [0.15, 0.2) is 30.3 Å². The Morgan fingerprint density at radius 1 is 1.05 bits per heavy atom. The second-order valence-corrected chi connectivity index (χ2v) is 6.38. The SMILES string of the molecule is C[N+]12CC[N+](CC(=O)Nc3ccccc3)(CC1)CC2. The molecule has 3 saturated heterocycles. The van der Waals surface area contributed by atoms with E-state index in [9.17, 15) is 4.79 Å². The third-order valence-corrected chi connectivity index (χ3v) is 4.88. The summed E-state index contributed by atoms with van der Waals surface area (Å²) >= 11 is 0. The molecule has 0 aromatic heterocycles. The minimum atomic E-state index is 0.157. The number of para-hydroxylation sites is 1. The number of hydrogen-bond donors (Lipinski definition) is 1. The molecule has 2 bridgehead atoms. The normalized spacial score (nSPS) is 33.1. The molecule has 3 aliphatic rings. The number of benzene rings is 1. The molecule has 0 unspecified atom stereocenters. The van der Waals surface area contributed by atoms with Crippen LogP contribution in [0.25, 0.3) is 0 Å². The van der Waals surface area contributed by atoms with Gasteiger partial charge in [-0.15, -0.1) is 0 Å². The highest BCUT2D eigenvalue weighted by atomic mass is 16.2. The fourth-order valence-corrected chi connectivity index (χ4v) is 3.30. The van der Waals surface area contributed by atoms with Crippen molar-refractivity contribution in [3.05, 3.63) is 30.3 Å². The Bertz CT molecular complexity index is 447. The second-order valence-electron chi connectivity index (χ2n) is 6.38. The molecule has 4 nitrogen and oxygen atoms in total. The molecule has 1 amide bonds. The Labute approximate surface area is 114 Å². The number of carbonyl (C=O) groups excluding carboxylic acids is 1. The largest absolute Gasteiger partial charge is 0.321 e. The maximum atomic E-state index is 12.2. The van der Waals surface area contributed by atoms with Crippen LogP contribution in [0.3, 0.4) is 0 Å². The maximum absolute atomic E-state index is 12.2. The van der Waals surface area contributed by atoms with Crippen LogP contribution >= 0.6 is 0 Å². The van der Waals surface area contributed by atoms with E-state index in [0.717, 1.165) is 29.8 Å². The van der Waals surface area contributed by atoms with Crippen LogP contribution < -0.4 is 5.32 Å². The first-order valence-corrected chi connectivity index (χ1v) is 7.13. The van der Waals surface area contributed by atoms with Gasteiger partial charge in [0, 0.05) is 5.69 Å². The minimum Gasteiger partial charge on any atom is -0.321 e. The Morgan fingerprint density at radius 2 is 1.63 bits per heavy atom. The zero-order chi connectivity index (χ0) is 13.3. The average Bonchev–Trinajstić information content (AvgIpc) is 2.42. The summed E-state index contributed by atoms with van der Waals surface area (Å²) in [6.45, 7) is 7.75. The molecule has 0 atom stereocenters. The van der Waals surface area contributed by atoms with Gasteiger partial charge >= 0.3 is 0 Å². The molecule has 3 heterocycles. The van der Waals surface area contributed by atoms with E-state index < -0.39 is 0 Å². The summed E-state index contributed by atoms with van der Waals surface area (Å²) in [6, 6.07) is 9.75. The van der Waals surface area contributed by atoms with Crippen molar-refractivity contribution in [2.75, 3.05) is 58.2 Å². The summed E-state index contributed by atoms with van der Waals surface area (Å²) in [7, 11) is 2.34. The van der Waals surface area contributed by atoms with E-state index in [2.05, 4.69) is 12.4 Å². The third-order valence-electron chi connectivity index (χ3n) is 4.88. The van der Waals surface area contributed by atoms with Crippen molar-refractivity contribution >= 4 is 11.6 Å². The number of anilines is 1. The van der Waals surface area contributed by atoms with Gasteiger partial charge in [0.05, 0.1) is 7.05 Å². The predicted molar refractivity (Wildman–Crippen MR) is 75.6 cm³/mol. The number of likely N-dealkylation sites (N-methyl/N-ethyl adjacent to an activating group) is 1. The van der Waals surface area contributed by atoms with Crippen molar-refractivity contribution in [1.29, 1.82) is 0 Å². The van der Waals surface area contributed by atoms with E-state index in [4.69, 9.17) is 0 Å². The second kappa shape index (κ2) is 4.62. The highest BCUT2D eigenvalue weighted by Gasteiger charge is 2.47. The molecule has 0 saturated carbocycles. The first-order valence-electron chi connectivity index (χ1n) is 7.13. The molecule has 3 aliphatic heterocycles. The Balaban J connectivity index is 1.61. The van der Waals surface area contributed by atoms with Crippen LogP contribution in [0.2, 0.25) is 0 Å². The lowest BCUT2D eigenvalue weighted by atomic mass is 10.1. The van der Waals surface area contributed by atoms with E-state index in [1.165, 1.54) is 24.1 Å². The highest BCUT2D eigenvalue weighted by molar-refractivity contribution is 5.91. The fourth-order valence-electron chi connectivity index (χ4n) is 3.30. The quantitative estimate of drug-likeness (QED) is 0.805. The lowest BCUT2D eigenvalue weighted by molar-refractivity contribution is -1.07. The smallest absolute Gasteiger partial charge is 0.279 e. The third kappa shape index (κ3) is 2.65. The number of hydrogen-bond acceptors (Lipinski definition) is 1. The molecular weight excluding hydrogens is 238 g/mol. The van der Waals surface area contributed by atoms with Gasteiger partial charge < -0.3 is 14.3 Å². The number of quaternary nitrogens is 2. The van der Waals surface area contributed by atoms with Crippen LogP contribution in [0.5, 0.6) is 0 Å². The van der Waals surface area contributed by atoms with Crippen molar-refractivity contribution < 1.29 is 13.8 Å². The van der Waals surface area contributed by atoms with E-state index in [1.54, 1.807) is 0 Å². The number of piperazine rings is 3. The van der Waals surface area contributed by atoms with Crippen LogP contribution in [0.4, 0.5) is 5.69 Å². The summed E-state index contributed by atoms with van der Waals surface area (Å²) in [5.41, 5.74) is 0.903. The lowest BCUT2D eigenvalue weighted by Crippen LogP contribution is -2.74. The van der Waals surface area contributed by atoms with Crippen LogP contribution in [-0.2, 0) is 4.79 Å². The Hall–Kier alpha value is -1.39. The number of nitrogens with one attached hydrogen (secondary N) is 1. The molecule has 102 valence electrons. The Morgan fingerprint density at radius 3 is 2.21 bits per heavy atom. The molecule has 1 aromatic carbocycles. The summed E-state index contributed by atoms with van der Waals surface area (Å²) in [6.07, 6.45) is 0. The van der Waals surface area contributed by atoms with Gasteiger partial charge in [-0.05, 0) is 12.1 Å². The molecule has 19 heavy (non-hydrogen) atoms. The van der Waals surface area contributed by atoms with Crippen LogP contribution in [0, 0.1) is 0 Å². The van der Waals surface area contributed by atoms with Gasteiger partial charge in [0.2, 0.25) is 0 Å². The van der Waals surface area contributed by atoms with E-state index >= 15 is 0 Å². The zero-order valence-electron chi connectivity index (χ0n) is 11.6. The van der Waals surface area contributed by atoms with Gasteiger partial charge in [0.1, 0.15) is 39.3 Å². The van der Waals surface area contributed by atoms with Crippen molar-refractivity contribution in [3.63, 3.8) is 0 Å². The average molecular weight is 261 g/mol. The predicted octanol–water partition coefficient (Wildman–Crippen LogP) is 0.916. The van der Waals surface area contributed by atoms with Crippen LogP contribution in [-0.4, -0.2) is 67.7 Å². The number of carbonyl (C=O) groups is 1. The number of nitrogens with zero attached hydrogens (tertiary/aromatic N) is 2. The van der Waals surface area contributed by atoms with Crippen LogP contribution in [0.1, 0.15) is 0 Å². The van der Waals surface area contributed by atoms with Crippen molar-refractivity contribution in [1.82, 2.24) is 0 Å². The highest BCUT2D eigenvalue weighted by Crippen LogP contribution is 2.24. The fraction of sp³-hybridized carbons (Fsp3) is 0.533. The number of amides is 1. The van der Waals surface area contributed by atoms with Crippen molar-refractivity contribution in [2.24, 2.45) is 0 Å². The number of fused-ring (bicyclic) bond motifs is 3. The van der Waals surface area contributed by atoms with Crippen molar-refractivity contribution in [3.8, 4) is 0 Å². The maximum Gasteiger partial charge on any atom is 0.279 e.